The van der Waals surface area contributed by atoms with Gasteiger partial charge >= 0.3 is 0 Å². The van der Waals surface area contributed by atoms with Crippen molar-refractivity contribution in [3.05, 3.63) is 76.5 Å². The van der Waals surface area contributed by atoms with Crippen LogP contribution in [-0.2, 0) is 13.1 Å². The maximum absolute atomic E-state index is 4.43. The summed E-state index contributed by atoms with van der Waals surface area (Å²) in [5, 5.41) is 9.18. The number of guanidine groups is 1. The predicted octanol–water partition coefficient (Wildman–Crippen LogP) is 4.11. The van der Waals surface area contributed by atoms with Gasteiger partial charge in [-0.3, -0.25) is 9.89 Å². The molecule has 1 aliphatic rings. The molecule has 1 aromatic carbocycles. The summed E-state index contributed by atoms with van der Waals surface area (Å²) in [4.78, 5) is 12.6. The van der Waals surface area contributed by atoms with E-state index in [1.54, 1.807) is 0 Å². The van der Waals surface area contributed by atoms with Gasteiger partial charge in [-0.05, 0) is 48.5 Å². The SMILES string of the molecule is CN=C(NCc1cccc(Cn2ccnc2)c1)NCC(c1cccs1)N1CCCC1.I. The maximum atomic E-state index is 4.43. The summed E-state index contributed by atoms with van der Waals surface area (Å²) in [5.74, 6) is 0.843. The second-order valence-electron chi connectivity index (χ2n) is 7.64. The van der Waals surface area contributed by atoms with Crippen LogP contribution in [0.25, 0.3) is 0 Å². The summed E-state index contributed by atoms with van der Waals surface area (Å²) in [5.41, 5.74) is 2.51. The topological polar surface area (TPSA) is 57.5 Å². The molecule has 0 saturated carbocycles. The van der Waals surface area contributed by atoms with Gasteiger partial charge in [-0.2, -0.15) is 0 Å². The Bertz CT molecular complexity index is 919. The highest BCUT2D eigenvalue weighted by atomic mass is 127. The molecule has 1 atom stereocenters. The summed E-state index contributed by atoms with van der Waals surface area (Å²) < 4.78 is 2.08. The standard InChI is InChI=1S/C23H30N6S.HI/c1-24-23(27-16-21(22-8-5-13-30-22)29-10-2-3-11-29)26-15-19-6-4-7-20(14-19)17-28-12-9-25-18-28;/h4-9,12-14,18,21H,2-3,10-11,15-17H2,1H3,(H2,24,26,27);1H. The van der Waals surface area contributed by atoms with Crippen LogP contribution in [0.15, 0.2) is 65.5 Å². The Labute approximate surface area is 205 Å². The van der Waals surface area contributed by atoms with E-state index < -0.39 is 0 Å². The minimum Gasteiger partial charge on any atom is -0.354 e. The third kappa shape index (κ3) is 6.78. The van der Waals surface area contributed by atoms with Crippen molar-refractivity contribution in [2.24, 2.45) is 4.99 Å². The minimum absolute atomic E-state index is 0. The summed E-state index contributed by atoms with van der Waals surface area (Å²) >= 11 is 1.84. The van der Waals surface area contributed by atoms with Crippen molar-refractivity contribution >= 4 is 41.3 Å². The molecule has 3 heterocycles. The Hall–Kier alpha value is -1.91. The van der Waals surface area contributed by atoms with Crippen LogP contribution in [0.3, 0.4) is 0 Å². The fraction of sp³-hybridized carbons (Fsp3) is 0.391. The average molecular weight is 551 g/mol. The van der Waals surface area contributed by atoms with Crippen LogP contribution in [0.4, 0.5) is 0 Å². The van der Waals surface area contributed by atoms with Crippen molar-refractivity contribution in [2.75, 3.05) is 26.7 Å². The number of hydrogen-bond acceptors (Lipinski definition) is 4. The van der Waals surface area contributed by atoms with Gasteiger partial charge in [-0.1, -0.05) is 30.3 Å². The number of thiophene rings is 1. The van der Waals surface area contributed by atoms with Crippen molar-refractivity contribution in [1.82, 2.24) is 25.1 Å². The maximum Gasteiger partial charge on any atom is 0.191 e. The Kier molecular flexibility index (Phi) is 9.35. The Balaban J connectivity index is 0.00000272. The lowest BCUT2D eigenvalue weighted by Crippen LogP contribution is -2.42. The first kappa shape index (κ1) is 23.7. The Morgan fingerprint density at radius 3 is 2.71 bits per heavy atom. The molecule has 0 amide bonds. The van der Waals surface area contributed by atoms with Gasteiger partial charge in [-0.25, -0.2) is 4.98 Å². The van der Waals surface area contributed by atoms with E-state index in [0.717, 1.165) is 25.6 Å². The van der Waals surface area contributed by atoms with Crippen LogP contribution in [0.1, 0.15) is 34.9 Å². The highest BCUT2D eigenvalue weighted by Gasteiger charge is 2.24. The van der Waals surface area contributed by atoms with Crippen LogP contribution < -0.4 is 10.6 Å². The molecule has 0 aliphatic carbocycles. The molecule has 1 unspecified atom stereocenters. The first-order valence-corrected chi connectivity index (χ1v) is 11.5. The molecule has 0 bridgehead atoms. The third-order valence-electron chi connectivity index (χ3n) is 5.52. The number of benzene rings is 1. The minimum atomic E-state index is 0. The Morgan fingerprint density at radius 1 is 1.16 bits per heavy atom. The summed E-state index contributed by atoms with van der Waals surface area (Å²) in [7, 11) is 1.83. The van der Waals surface area contributed by atoms with E-state index in [9.17, 15) is 0 Å². The molecule has 3 aromatic rings. The number of nitrogens with zero attached hydrogens (tertiary/aromatic N) is 4. The number of rotatable bonds is 8. The number of aromatic nitrogens is 2. The molecule has 1 fully saturated rings. The fourth-order valence-corrected chi connectivity index (χ4v) is 4.83. The van der Waals surface area contributed by atoms with E-state index in [4.69, 9.17) is 0 Å². The molecule has 0 radical (unpaired) electrons. The van der Waals surface area contributed by atoms with Crippen molar-refractivity contribution in [2.45, 2.75) is 32.0 Å². The van der Waals surface area contributed by atoms with E-state index in [1.807, 2.05) is 37.1 Å². The predicted molar refractivity (Wildman–Crippen MR) is 139 cm³/mol. The molecule has 4 rings (SSSR count). The average Bonchev–Trinajstić information content (AvgIpc) is 3.55. The van der Waals surface area contributed by atoms with Gasteiger partial charge in [0.2, 0.25) is 0 Å². The molecule has 6 nitrogen and oxygen atoms in total. The van der Waals surface area contributed by atoms with E-state index in [1.165, 1.54) is 41.9 Å². The monoisotopic (exact) mass is 550 g/mol. The molecular weight excluding hydrogens is 519 g/mol. The van der Waals surface area contributed by atoms with Gasteiger partial charge < -0.3 is 15.2 Å². The van der Waals surface area contributed by atoms with Crippen molar-refractivity contribution < 1.29 is 0 Å². The van der Waals surface area contributed by atoms with Gasteiger partial charge in [-0.15, -0.1) is 35.3 Å². The second-order valence-corrected chi connectivity index (χ2v) is 8.62. The van der Waals surface area contributed by atoms with Crippen LogP contribution in [0.5, 0.6) is 0 Å². The number of hydrogen-bond donors (Lipinski definition) is 2. The van der Waals surface area contributed by atoms with E-state index >= 15 is 0 Å². The van der Waals surface area contributed by atoms with E-state index in [-0.39, 0.29) is 24.0 Å². The Morgan fingerprint density at radius 2 is 2.00 bits per heavy atom. The molecule has 2 aromatic heterocycles. The summed E-state index contributed by atoms with van der Waals surface area (Å²) in [6, 6.07) is 13.4. The highest BCUT2D eigenvalue weighted by molar-refractivity contribution is 14.0. The van der Waals surface area contributed by atoms with Crippen molar-refractivity contribution in [3.63, 3.8) is 0 Å². The van der Waals surface area contributed by atoms with Crippen molar-refractivity contribution in [1.29, 1.82) is 0 Å². The number of halogens is 1. The third-order valence-corrected chi connectivity index (χ3v) is 6.49. The van der Waals surface area contributed by atoms with Crippen LogP contribution >= 0.6 is 35.3 Å². The second kappa shape index (κ2) is 12.2. The van der Waals surface area contributed by atoms with E-state index in [2.05, 4.69) is 71.9 Å². The lowest BCUT2D eigenvalue weighted by molar-refractivity contribution is 0.249. The quantitative estimate of drug-likeness (QED) is 0.252. The number of nitrogens with one attached hydrogen (secondary N) is 2. The van der Waals surface area contributed by atoms with Gasteiger partial charge in [0, 0.05) is 44.0 Å². The number of imidazole rings is 1. The molecule has 8 heteroatoms. The molecule has 1 saturated heterocycles. The lowest BCUT2D eigenvalue weighted by Gasteiger charge is -2.27. The molecule has 31 heavy (non-hydrogen) atoms. The molecule has 166 valence electrons. The molecule has 0 spiro atoms. The summed E-state index contributed by atoms with van der Waals surface area (Å²) in [6.45, 7) is 4.80. The summed E-state index contributed by atoms with van der Waals surface area (Å²) in [6.07, 6.45) is 8.24. The number of likely N-dealkylation sites (tertiary alicyclic amines) is 1. The zero-order valence-electron chi connectivity index (χ0n) is 17.9. The molecule has 1 aliphatic heterocycles. The first-order valence-electron chi connectivity index (χ1n) is 10.6. The zero-order chi connectivity index (χ0) is 20.6. The zero-order valence-corrected chi connectivity index (χ0v) is 21.1. The fourth-order valence-electron chi connectivity index (χ4n) is 3.97. The highest BCUT2D eigenvalue weighted by Crippen LogP contribution is 2.27. The number of aliphatic imine (C=N–C) groups is 1. The van der Waals surface area contributed by atoms with Crippen molar-refractivity contribution in [3.8, 4) is 0 Å². The molecular formula is C23H31IN6S. The van der Waals surface area contributed by atoms with Gasteiger partial charge in [0.25, 0.3) is 0 Å². The smallest absolute Gasteiger partial charge is 0.191 e. The van der Waals surface area contributed by atoms with Gasteiger partial charge in [0.05, 0.1) is 12.4 Å². The lowest BCUT2D eigenvalue weighted by atomic mass is 10.1. The van der Waals surface area contributed by atoms with Gasteiger partial charge in [0.15, 0.2) is 5.96 Å². The van der Waals surface area contributed by atoms with Gasteiger partial charge in [0.1, 0.15) is 0 Å². The molecule has 2 N–H and O–H groups in total. The van der Waals surface area contributed by atoms with Crippen LogP contribution in [0.2, 0.25) is 0 Å². The van der Waals surface area contributed by atoms with Crippen LogP contribution in [0, 0.1) is 0 Å². The van der Waals surface area contributed by atoms with E-state index in [0.29, 0.717) is 6.04 Å². The van der Waals surface area contributed by atoms with Crippen LogP contribution in [-0.4, -0.2) is 47.1 Å². The first-order chi connectivity index (χ1) is 14.8. The normalized spacial score (nSPS) is 15.5. The largest absolute Gasteiger partial charge is 0.354 e.